The van der Waals surface area contributed by atoms with Crippen LogP contribution in [-0.4, -0.2) is 26.0 Å². The number of tetrazole rings is 1. The fourth-order valence-corrected chi connectivity index (χ4v) is 1.48. The van der Waals surface area contributed by atoms with Gasteiger partial charge >= 0.3 is 0 Å². The minimum absolute atomic E-state index is 0.0478. The number of benzene rings is 1. The molecule has 17 heavy (non-hydrogen) atoms. The third-order valence-electron chi connectivity index (χ3n) is 2.29. The molecule has 88 valence electrons. The number of rotatable bonds is 3. The number of hydrogen-bond donors (Lipinski definition) is 0. The molecule has 1 aromatic heterocycles. The molecule has 0 unspecified atom stereocenters. The van der Waals surface area contributed by atoms with E-state index in [0.29, 0.717) is 0 Å². The number of aromatic nitrogens is 4. The quantitative estimate of drug-likeness (QED) is 0.746. The fourth-order valence-electron chi connectivity index (χ4n) is 1.48. The first kappa shape index (κ1) is 11.4. The second-order valence-corrected chi connectivity index (χ2v) is 3.78. The highest BCUT2D eigenvalue weighted by atomic mass is 19.1. The molecule has 0 aliphatic heterocycles. The van der Waals surface area contributed by atoms with Gasteiger partial charge in [-0.05, 0) is 29.8 Å². The van der Waals surface area contributed by atoms with Crippen molar-refractivity contribution in [1.29, 1.82) is 0 Å². The Morgan fingerprint density at radius 1 is 1.47 bits per heavy atom. The van der Waals surface area contributed by atoms with Crippen molar-refractivity contribution in [2.24, 2.45) is 7.05 Å². The number of nitrogens with zero attached hydrogens (tertiary/aromatic N) is 4. The van der Waals surface area contributed by atoms with Crippen LogP contribution in [0.2, 0.25) is 0 Å². The number of Topliss-reactive ketones (excluding diaryl/α,β-unsaturated/α-hetero) is 1. The molecule has 2 rings (SSSR count). The normalized spacial score (nSPS) is 10.5. The molecular formula is C11H11FN4O. The van der Waals surface area contributed by atoms with E-state index >= 15 is 0 Å². The third kappa shape index (κ3) is 2.52. The monoisotopic (exact) mass is 234 g/mol. The van der Waals surface area contributed by atoms with E-state index in [1.54, 1.807) is 20.0 Å². The lowest BCUT2D eigenvalue weighted by Crippen LogP contribution is -2.08. The van der Waals surface area contributed by atoms with E-state index < -0.39 is 5.82 Å². The number of ketones is 1. The summed E-state index contributed by atoms with van der Waals surface area (Å²) in [7, 11) is 1.60. The van der Waals surface area contributed by atoms with E-state index in [1.165, 1.54) is 16.9 Å². The lowest BCUT2D eigenvalue weighted by molar-refractivity contribution is 0.0987. The van der Waals surface area contributed by atoms with Gasteiger partial charge in [-0.3, -0.25) is 4.79 Å². The Morgan fingerprint density at radius 3 is 2.82 bits per heavy atom. The maximum atomic E-state index is 13.5. The number of halogens is 1. The maximum Gasteiger partial charge on any atom is 0.182 e. The van der Waals surface area contributed by atoms with Gasteiger partial charge in [0.05, 0.1) is 19.0 Å². The van der Waals surface area contributed by atoms with Gasteiger partial charge in [0.1, 0.15) is 5.82 Å². The highest BCUT2D eigenvalue weighted by Crippen LogP contribution is 2.12. The van der Waals surface area contributed by atoms with Crippen LogP contribution in [0.1, 0.15) is 21.7 Å². The van der Waals surface area contributed by atoms with Gasteiger partial charge in [0, 0.05) is 0 Å². The van der Waals surface area contributed by atoms with Crippen molar-refractivity contribution < 1.29 is 9.18 Å². The smallest absolute Gasteiger partial charge is 0.182 e. The van der Waals surface area contributed by atoms with Crippen molar-refractivity contribution >= 4 is 5.78 Å². The van der Waals surface area contributed by atoms with E-state index in [0.717, 1.165) is 5.56 Å². The second-order valence-electron chi connectivity index (χ2n) is 3.78. The van der Waals surface area contributed by atoms with Gasteiger partial charge in [-0.15, -0.1) is 10.2 Å². The van der Waals surface area contributed by atoms with Gasteiger partial charge < -0.3 is 0 Å². The zero-order valence-corrected chi connectivity index (χ0v) is 9.51. The molecule has 2 aromatic rings. The predicted octanol–water partition coefficient (Wildman–Crippen LogP) is 1.08. The van der Waals surface area contributed by atoms with Gasteiger partial charge in [-0.2, -0.15) is 4.80 Å². The van der Waals surface area contributed by atoms with E-state index in [4.69, 9.17) is 0 Å². The number of carbonyl (C=O) groups excluding carboxylic acids is 1. The topological polar surface area (TPSA) is 60.7 Å². The lowest BCUT2D eigenvalue weighted by atomic mass is 10.1. The molecule has 0 fully saturated rings. The van der Waals surface area contributed by atoms with Crippen LogP contribution >= 0.6 is 0 Å². The molecule has 0 atom stereocenters. The molecule has 0 N–H and O–H groups in total. The summed E-state index contributed by atoms with van der Waals surface area (Å²) < 4.78 is 13.5. The minimum Gasteiger partial charge on any atom is -0.294 e. The first-order valence-electron chi connectivity index (χ1n) is 5.08. The van der Waals surface area contributed by atoms with E-state index in [-0.39, 0.29) is 23.6 Å². The van der Waals surface area contributed by atoms with Crippen molar-refractivity contribution in [3.05, 3.63) is 41.0 Å². The number of carbonyl (C=O) groups is 1. The summed E-state index contributed by atoms with van der Waals surface area (Å²) in [6, 6.07) is 4.50. The molecule has 0 aliphatic rings. The van der Waals surface area contributed by atoms with Crippen LogP contribution in [0.3, 0.4) is 0 Å². The number of aryl methyl sites for hydroxylation is 2. The Kier molecular flexibility index (Phi) is 2.95. The third-order valence-corrected chi connectivity index (χ3v) is 2.29. The van der Waals surface area contributed by atoms with Gasteiger partial charge in [-0.25, -0.2) is 4.39 Å². The summed E-state index contributed by atoms with van der Waals surface area (Å²) in [5.41, 5.74) is 0.833. The SMILES string of the molecule is Cc1ccc(C(=O)Cc2nnn(C)n2)c(F)c1. The molecule has 1 aromatic carbocycles. The lowest BCUT2D eigenvalue weighted by Gasteiger charge is -2.01. The zero-order chi connectivity index (χ0) is 12.4. The minimum atomic E-state index is -0.515. The van der Waals surface area contributed by atoms with Crippen molar-refractivity contribution in [2.75, 3.05) is 0 Å². The summed E-state index contributed by atoms with van der Waals surface area (Å²) in [5, 5.41) is 11.2. The van der Waals surface area contributed by atoms with Crippen LogP contribution in [0.15, 0.2) is 18.2 Å². The van der Waals surface area contributed by atoms with Crippen molar-refractivity contribution in [2.45, 2.75) is 13.3 Å². The first-order chi connectivity index (χ1) is 8.06. The Labute approximate surface area is 97.3 Å². The van der Waals surface area contributed by atoms with E-state index in [1.807, 2.05) is 0 Å². The Balaban J connectivity index is 2.20. The molecule has 0 bridgehead atoms. The largest absolute Gasteiger partial charge is 0.294 e. The molecular weight excluding hydrogens is 223 g/mol. The van der Waals surface area contributed by atoms with Crippen LogP contribution < -0.4 is 0 Å². The predicted molar refractivity (Wildman–Crippen MR) is 58.0 cm³/mol. The molecule has 0 spiro atoms. The standard InChI is InChI=1S/C11H11FN4O/c1-7-3-4-8(9(12)5-7)10(17)6-11-13-15-16(2)14-11/h3-5H,6H2,1-2H3. The summed E-state index contributed by atoms with van der Waals surface area (Å²) in [6.45, 7) is 1.77. The number of hydrogen-bond acceptors (Lipinski definition) is 4. The van der Waals surface area contributed by atoms with Crippen molar-refractivity contribution in [3.63, 3.8) is 0 Å². The average Bonchev–Trinajstić information content (AvgIpc) is 2.63. The van der Waals surface area contributed by atoms with Gasteiger partial charge in [0.25, 0.3) is 0 Å². The van der Waals surface area contributed by atoms with Crippen LogP contribution in [0.25, 0.3) is 0 Å². The molecule has 0 aliphatic carbocycles. The fraction of sp³-hybridized carbons (Fsp3) is 0.273. The van der Waals surface area contributed by atoms with Crippen LogP contribution in [0.5, 0.6) is 0 Å². The molecule has 1 heterocycles. The summed E-state index contributed by atoms with van der Waals surface area (Å²) in [5.74, 6) is -0.577. The maximum absolute atomic E-state index is 13.5. The molecule has 0 saturated carbocycles. The second kappa shape index (κ2) is 4.40. The molecule has 0 amide bonds. The Bertz CT molecular complexity index is 564. The van der Waals surface area contributed by atoms with Crippen LogP contribution in [-0.2, 0) is 13.5 Å². The first-order valence-corrected chi connectivity index (χ1v) is 5.08. The molecule has 6 heteroatoms. The average molecular weight is 234 g/mol. The van der Waals surface area contributed by atoms with E-state index in [9.17, 15) is 9.18 Å². The Morgan fingerprint density at radius 2 is 2.24 bits per heavy atom. The van der Waals surface area contributed by atoms with Gasteiger partial charge in [0.2, 0.25) is 0 Å². The zero-order valence-electron chi connectivity index (χ0n) is 9.51. The van der Waals surface area contributed by atoms with Crippen molar-refractivity contribution in [1.82, 2.24) is 20.2 Å². The summed E-state index contributed by atoms with van der Waals surface area (Å²) >= 11 is 0. The van der Waals surface area contributed by atoms with Crippen molar-refractivity contribution in [3.8, 4) is 0 Å². The Hall–Kier alpha value is -2.11. The highest BCUT2D eigenvalue weighted by molar-refractivity contribution is 5.97. The van der Waals surface area contributed by atoms with Gasteiger partial charge in [-0.1, -0.05) is 6.07 Å². The van der Waals surface area contributed by atoms with Crippen LogP contribution in [0.4, 0.5) is 4.39 Å². The molecule has 0 radical (unpaired) electrons. The van der Waals surface area contributed by atoms with Gasteiger partial charge in [0.15, 0.2) is 11.6 Å². The van der Waals surface area contributed by atoms with E-state index in [2.05, 4.69) is 15.4 Å². The summed E-state index contributed by atoms with van der Waals surface area (Å²) in [4.78, 5) is 13.1. The van der Waals surface area contributed by atoms with Crippen LogP contribution in [0, 0.1) is 12.7 Å². The molecule has 0 saturated heterocycles. The highest BCUT2D eigenvalue weighted by Gasteiger charge is 2.14. The summed E-state index contributed by atoms with van der Waals surface area (Å²) in [6.07, 6.45) is -0.0478. The molecule has 5 nitrogen and oxygen atoms in total.